The minimum absolute atomic E-state index is 0.000459. The molecule has 0 aliphatic rings. The number of rotatable bonds is 9. The topological polar surface area (TPSA) is 76.5 Å². The van der Waals surface area contributed by atoms with Gasteiger partial charge < -0.3 is 15.0 Å². The molecule has 0 radical (unpaired) electrons. The summed E-state index contributed by atoms with van der Waals surface area (Å²) < 4.78 is 6.79. The molecule has 29 heavy (non-hydrogen) atoms. The molecular formula is C22H40N4O3. The molecule has 166 valence electrons. The molecule has 1 N–H and O–H groups in total. The Kier molecular flexibility index (Phi) is 8.87. The van der Waals surface area contributed by atoms with Gasteiger partial charge in [-0.15, -0.1) is 0 Å². The van der Waals surface area contributed by atoms with Crippen molar-refractivity contribution in [1.82, 2.24) is 14.7 Å². The van der Waals surface area contributed by atoms with Crippen molar-refractivity contribution in [3.63, 3.8) is 0 Å². The van der Waals surface area contributed by atoms with Crippen LogP contribution in [0.2, 0.25) is 0 Å². The average molecular weight is 409 g/mol. The summed E-state index contributed by atoms with van der Waals surface area (Å²) in [4.78, 5) is 27.0. The first-order valence-electron chi connectivity index (χ1n) is 10.3. The van der Waals surface area contributed by atoms with Gasteiger partial charge in [-0.2, -0.15) is 5.10 Å². The first-order chi connectivity index (χ1) is 13.2. The zero-order chi connectivity index (χ0) is 22.4. The maximum Gasteiger partial charge on any atom is 0.245 e. The van der Waals surface area contributed by atoms with Crippen LogP contribution in [0.4, 0.5) is 5.82 Å². The molecule has 0 aromatic carbocycles. The van der Waals surface area contributed by atoms with E-state index in [0.717, 1.165) is 12.1 Å². The first kappa shape index (κ1) is 25.1. The van der Waals surface area contributed by atoms with E-state index in [1.165, 1.54) is 0 Å². The Bertz CT molecular complexity index is 683. The van der Waals surface area contributed by atoms with Crippen LogP contribution in [-0.2, 0) is 26.8 Å². The number of carbonyl (C=O) groups is 2. The van der Waals surface area contributed by atoms with E-state index < -0.39 is 0 Å². The highest BCUT2D eigenvalue weighted by Gasteiger charge is 2.24. The molecule has 0 fully saturated rings. The van der Waals surface area contributed by atoms with Gasteiger partial charge >= 0.3 is 0 Å². The second-order valence-corrected chi connectivity index (χ2v) is 10.2. The zero-order valence-corrected chi connectivity index (χ0v) is 19.8. The Morgan fingerprint density at radius 3 is 2.34 bits per heavy atom. The molecule has 0 saturated carbocycles. The maximum absolute atomic E-state index is 12.8. The van der Waals surface area contributed by atoms with Crippen LogP contribution in [0.15, 0.2) is 6.07 Å². The Labute approximate surface area is 176 Å². The van der Waals surface area contributed by atoms with Crippen LogP contribution in [0, 0.1) is 11.3 Å². The third-order valence-electron chi connectivity index (χ3n) is 4.65. The predicted octanol–water partition coefficient (Wildman–Crippen LogP) is 3.59. The molecule has 0 spiro atoms. The maximum atomic E-state index is 12.8. The van der Waals surface area contributed by atoms with Crippen molar-refractivity contribution in [1.29, 1.82) is 0 Å². The molecule has 2 amide bonds. The zero-order valence-electron chi connectivity index (χ0n) is 19.8. The number of nitrogens with one attached hydrogen (secondary N) is 1. The van der Waals surface area contributed by atoms with E-state index >= 15 is 0 Å². The fraction of sp³-hybridized carbons (Fsp3) is 0.773. The summed E-state index contributed by atoms with van der Waals surface area (Å²) in [5.41, 5.74) is 0.960. The Hall–Kier alpha value is -1.89. The lowest BCUT2D eigenvalue weighted by atomic mass is 9.84. The third-order valence-corrected chi connectivity index (χ3v) is 4.65. The molecule has 7 heteroatoms. The Morgan fingerprint density at radius 2 is 1.86 bits per heavy atom. The Morgan fingerprint density at radius 1 is 1.24 bits per heavy atom. The number of aryl methyl sites for hydroxylation is 1. The van der Waals surface area contributed by atoms with E-state index in [4.69, 9.17) is 4.74 Å². The van der Waals surface area contributed by atoms with Crippen molar-refractivity contribution in [2.24, 2.45) is 18.4 Å². The standard InChI is InChI=1S/C22H40N4O3/c1-16(14-21(2,3)4)12-20(28)26(10-11-29-9)15-19(27)23-18-13-17(22(5,6)7)24-25(18)8/h13,16H,10-12,14-15H2,1-9H3,(H,23,27). The molecule has 7 nitrogen and oxygen atoms in total. The van der Waals surface area contributed by atoms with Crippen molar-refractivity contribution in [3.05, 3.63) is 11.8 Å². The van der Waals surface area contributed by atoms with Crippen molar-refractivity contribution in [2.75, 3.05) is 32.1 Å². The number of ether oxygens (including phenoxy) is 1. The van der Waals surface area contributed by atoms with Gasteiger partial charge in [0.1, 0.15) is 5.82 Å². The number of hydrogen-bond donors (Lipinski definition) is 1. The van der Waals surface area contributed by atoms with E-state index in [9.17, 15) is 9.59 Å². The summed E-state index contributed by atoms with van der Waals surface area (Å²) in [6, 6.07) is 1.88. The molecule has 0 bridgehead atoms. The average Bonchev–Trinajstić information content (AvgIpc) is 2.90. The van der Waals surface area contributed by atoms with Gasteiger partial charge in [-0.25, -0.2) is 0 Å². The van der Waals surface area contributed by atoms with Gasteiger partial charge in [-0.05, 0) is 17.8 Å². The summed E-state index contributed by atoms with van der Waals surface area (Å²) in [5.74, 6) is 0.623. The van der Waals surface area contributed by atoms with E-state index in [0.29, 0.717) is 25.4 Å². The van der Waals surface area contributed by atoms with Gasteiger partial charge in [0.05, 0.1) is 18.8 Å². The highest BCUT2D eigenvalue weighted by atomic mass is 16.5. The largest absolute Gasteiger partial charge is 0.383 e. The van der Waals surface area contributed by atoms with Crippen molar-refractivity contribution in [3.8, 4) is 0 Å². The van der Waals surface area contributed by atoms with Gasteiger partial charge in [0.2, 0.25) is 11.8 Å². The van der Waals surface area contributed by atoms with Gasteiger partial charge in [0.15, 0.2) is 0 Å². The minimum Gasteiger partial charge on any atom is -0.383 e. The summed E-state index contributed by atoms with van der Waals surface area (Å²) in [6.45, 7) is 15.6. The summed E-state index contributed by atoms with van der Waals surface area (Å²) in [6.07, 6.45) is 1.38. The molecule has 1 unspecified atom stereocenters. The number of aromatic nitrogens is 2. The molecule has 1 aromatic heterocycles. The molecule has 1 rings (SSSR count). The van der Waals surface area contributed by atoms with E-state index in [-0.39, 0.29) is 35.1 Å². The number of methoxy groups -OCH3 is 1. The number of amides is 2. The van der Waals surface area contributed by atoms with Crippen molar-refractivity contribution in [2.45, 2.75) is 66.7 Å². The normalized spacial score (nSPS) is 13.3. The molecular weight excluding hydrogens is 368 g/mol. The fourth-order valence-corrected chi connectivity index (χ4v) is 3.34. The Balaban J connectivity index is 2.78. The van der Waals surface area contributed by atoms with Gasteiger partial charge in [0, 0.05) is 38.6 Å². The molecule has 0 aliphatic carbocycles. The van der Waals surface area contributed by atoms with Crippen LogP contribution in [0.3, 0.4) is 0 Å². The monoisotopic (exact) mass is 408 g/mol. The van der Waals surface area contributed by atoms with Gasteiger partial charge in [-0.1, -0.05) is 48.5 Å². The highest BCUT2D eigenvalue weighted by molar-refractivity contribution is 5.94. The quantitative estimate of drug-likeness (QED) is 0.677. The highest BCUT2D eigenvalue weighted by Crippen LogP contribution is 2.26. The lowest BCUT2D eigenvalue weighted by Crippen LogP contribution is -2.40. The van der Waals surface area contributed by atoms with Crippen LogP contribution < -0.4 is 5.32 Å². The van der Waals surface area contributed by atoms with Crippen LogP contribution in [0.1, 0.15) is 67.0 Å². The second-order valence-electron chi connectivity index (χ2n) is 10.2. The number of anilines is 1. The lowest BCUT2D eigenvalue weighted by molar-refractivity contribution is -0.136. The fourth-order valence-electron chi connectivity index (χ4n) is 3.34. The van der Waals surface area contributed by atoms with Crippen LogP contribution in [0.5, 0.6) is 0 Å². The molecule has 1 heterocycles. The summed E-state index contributed by atoms with van der Waals surface area (Å²) >= 11 is 0. The van der Waals surface area contributed by atoms with Gasteiger partial charge in [0.25, 0.3) is 0 Å². The molecule has 0 aliphatic heterocycles. The number of carbonyl (C=O) groups excluding carboxylic acids is 2. The third kappa shape index (κ3) is 8.98. The SMILES string of the molecule is COCCN(CC(=O)Nc1cc(C(C)(C)C)nn1C)C(=O)CC(C)CC(C)(C)C. The second kappa shape index (κ2) is 10.2. The van der Waals surface area contributed by atoms with Crippen LogP contribution in [0.25, 0.3) is 0 Å². The summed E-state index contributed by atoms with van der Waals surface area (Å²) in [7, 11) is 3.39. The predicted molar refractivity (Wildman–Crippen MR) is 117 cm³/mol. The molecule has 1 atom stereocenters. The molecule has 1 aromatic rings. The number of nitrogens with zero attached hydrogens (tertiary/aromatic N) is 3. The smallest absolute Gasteiger partial charge is 0.245 e. The van der Waals surface area contributed by atoms with Crippen molar-refractivity contribution >= 4 is 17.6 Å². The van der Waals surface area contributed by atoms with Gasteiger partial charge in [-0.3, -0.25) is 14.3 Å². The number of hydrogen-bond acceptors (Lipinski definition) is 4. The summed E-state index contributed by atoms with van der Waals surface area (Å²) in [5, 5.41) is 7.36. The minimum atomic E-state index is -0.235. The first-order valence-corrected chi connectivity index (χ1v) is 10.3. The van der Waals surface area contributed by atoms with Crippen molar-refractivity contribution < 1.29 is 14.3 Å². The van der Waals surface area contributed by atoms with E-state index in [2.05, 4.69) is 58.9 Å². The van der Waals surface area contributed by atoms with E-state index in [1.807, 2.05) is 6.07 Å². The van der Waals surface area contributed by atoms with Crippen LogP contribution >= 0.6 is 0 Å². The lowest BCUT2D eigenvalue weighted by Gasteiger charge is -2.26. The van der Waals surface area contributed by atoms with E-state index in [1.54, 1.807) is 23.7 Å². The molecule has 0 saturated heterocycles. The van der Waals surface area contributed by atoms with Crippen LogP contribution in [-0.4, -0.2) is 53.3 Å².